The van der Waals surface area contributed by atoms with E-state index in [2.05, 4.69) is 25.3 Å². The van der Waals surface area contributed by atoms with Crippen LogP contribution in [0.25, 0.3) is 0 Å². The molecule has 0 spiro atoms. The third-order valence-corrected chi connectivity index (χ3v) is 2.57. The summed E-state index contributed by atoms with van der Waals surface area (Å²) in [5.41, 5.74) is 0. The average Bonchev–Trinajstić information content (AvgIpc) is 1.84. The van der Waals surface area contributed by atoms with Crippen LogP contribution in [0.4, 0.5) is 0 Å². The lowest BCUT2D eigenvalue weighted by Crippen LogP contribution is -2.11. The van der Waals surface area contributed by atoms with E-state index in [-0.39, 0.29) is 0 Å². The highest BCUT2D eigenvalue weighted by Crippen LogP contribution is 1.90. The minimum absolute atomic E-state index is 0.564. The van der Waals surface area contributed by atoms with E-state index in [0.29, 0.717) is 11.5 Å². The Hall–Kier alpha value is 0.880. The first-order chi connectivity index (χ1) is 3.72. The molecule has 8 heavy (non-hydrogen) atoms. The lowest BCUT2D eigenvalue weighted by atomic mass is 10.4. The highest BCUT2D eigenvalue weighted by Gasteiger charge is 1.97. The second-order valence-electron chi connectivity index (χ2n) is 1.16. The molecule has 0 rings (SSSR count). The molecule has 0 fully saturated rings. The number of rotatable bonds is 3. The van der Waals surface area contributed by atoms with Crippen molar-refractivity contribution in [3.8, 4) is 0 Å². The summed E-state index contributed by atoms with van der Waals surface area (Å²) in [6.45, 7) is 0. The molecule has 0 N–H and O–H groups in total. The van der Waals surface area contributed by atoms with Gasteiger partial charge in [0.25, 0.3) is 0 Å². The molecule has 0 aliphatic rings. The van der Waals surface area contributed by atoms with E-state index in [0.717, 1.165) is 9.73 Å². The Bertz CT molecular complexity index is 92.6. The van der Waals surface area contributed by atoms with Crippen LogP contribution in [0.5, 0.6) is 0 Å². The monoisotopic (exact) mass is 182 g/mol. The molecule has 0 heterocycles. The van der Waals surface area contributed by atoms with Crippen molar-refractivity contribution in [2.45, 2.75) is 0 Å². The Labute approximate surface area is 70.9 Å². The molecule has 0 aliphatic heterocycles. The largest absolute Gasteiger partial charge is 0.174 e. The van der Waals surface area contributed by atoms with Gasteiger partial charge in [-0.2, -0.15) is 25.3 Å². The Morgan fingerprint density at radius 3 is 1.38 bits per heavy atom. The van der Waals surface area contributed by atoms with Gasteiger partial charge in [-0.1, -0.05) is 24.4 Å². The molecule has 0 nitrogen and oxygen atoms in total. The number of thiol groups is 2. The van der Waals surface area contributed by atoms with Crippen LogP contribution in [0.3, 0.4) is 0 Å². The summed E-state index contributed by atoms with van der Waals surface area (Å²) in [6.07, 6.45) is 0. The number of thiocarbonyl (C=S) groups is 2. The molecule has 0 aromatic carbocycles. The molecule has 0 aromatic rings. The molecule has 46 valence electrons. The summed E-state index contributed by atoms with van der Waals surface area (Å²) in [5, 5.41) is 0. The quantitative estimate of drug-likeness (QED) is 0.502. The molecule has 0 aromatic heterocycles. The predicted octanol–water partition coefficient (Wildman–Crippen LogP) is 1.59. The Kier molecular flexibility index (Phi) is 5.25. The van der Waals surface area contributed by atoms with Crippen LogP contribution in [-0.2, 0) is 0 Å². The fraction of sp³-hybridized carbons (Fsp3) is 0.500. The zero-order chi connectivity index (χ0) is 6.57. The molecule has 0 atom stereocenters. The summed E-state index contributed by atoms with van der Waals surface area (Å²) >= 11 is 17.5. The highest BCUT2D eigenvalue weighted by atomic mass is 32.1. The normalized spacial score (nSPS) is 8.75. The van der Waals surface area contributed by atoms with Gasteiger partial charge in [-0.3, -0.25) is 0 Å². The molecule has 0 aliphatic carbocycles. The predicted molar refractivity (Wildman–Crippen MR) is 52.9 cm³/mol. The molecule has 0 saturated carbocycles. The van der Waals surface area contributed by atoms with Crippen molar-refractivity contribution in [1.29, 1.82) is 0 Å². The summed E-state index contributed by atoms with van der Waals surface area (Å²) in [7, 11) is 0. The van der Waals surface area contributed by atoms with Gasteiger partial charge < -0.3 is 0 Å². The van der Waals surface area contributed by atoms with E-state index in [1.807, 2.05) is 0 Å². The second kappa shape index (κ2) is 4.73. The van der Waals surface area contributed by atoms with Crippen molar-refractivity contribution in [3.63, 3.8) is 0 Å². The topological polar surface area (TPSA) is 0 Å². The van der Waals surface area contributed by atoms with E-state index in [4.69, 9.17) is 24.4 Å². The van der Waals surface area contributed by atoms with E-state index < -0.39 is 0 Å². The molecular formula is C4H6S4. The van der Waals surface area contributed by atoms with Gasteiger partial charge in [-0.25, -0.2) is 0 Å². The van der Waals surface area contributed by atoms with Gasteiger partial charge in [0.05, 0.1) is 0 Å². The SMILES string of the molecule is S=C(CS)C(=S)CS. The highest BCUT2D eigenvalue weighted by molar-refractivity contribution is 7.93. The van der Waals surface area contributed by atoms with Crippen LogP contribution in [0.2, 0.25) is 0 Å². The molecular weight excluding hydrogens is 176 g/mol. The fourth-order valence-corrected chi connectivity index (χ4v) is 0.916. The molecule has 4 heteroatoms. The average molecular weight is 182 g/mol. The van der Waals surface area contributed by atoms with Gasteiger partial charge in [0.15, 0.2) is 0 Å². The van der Waals surface area contributed by atoms with E-state index in [1.54, 1.807) is 0 Å². The maximum atomic E-state index is 4.81. The minimum atomic E-state index is 0.564. The van der Waals surface area contributed by atoms with Crippen LogP contribution in [0.1, 0.15) is 0 Å². The summed E-state index contributed by atoms with van der Waals surface area (Å²) in [4.78, 5) is 1.47. The van der Waals surface area contributed by atoms with Gasteiger partial charge in [-0.05, 0) is 0 Å². The summed E-state index contributed by atoms with van der Waals surface area (Å²) in [6, 6.07) is 0. The Balaban J connectivity index is 3.64. The van der Waals surface area contributed by atoms with E-state index in [9.17, 15) is 0 Å². The zero-order valence-electron chi connectivity index (χ0n) is 4.13. The van der Waals surface area contributed by atoms with Gasteiger partial charge in [0, 0.05) is 21.2 Å². The van der Waals surface area contributed by atoms with Gasteiger partial charge in [0.1, 0.15) is 0 Å². The van der Waals surface area contributed by atoms with Crippen molar-refractivity contribution in [1.82, 2.24) is 0 Å². The summed E-state index contributed by atoms with van der Waals surface area (Å²) in [5.74, 6) is 1.13. The third kappa shape index (κ3) is 3.02. The molecule has 0 unspecified atom stereocenters. The Morgan fingerprint density at radius 1 is 1.00 bits per heavy atom. The standard InChI is InChI=1S/C4H6S4/c5-1-3(7)4(8)2-6/h5-6H,1-2H2. The first-order valence-corrected chi connectivity index (χ1v) is 4.08. The maximum Gasteiger partial charge on any atom is 0.0396 e. The van der Waals surface area contributed by atoms with Crippen molar-refractivity contribution in [2.75, 3.05) is 11.5 Å². The summed E-state index contributed by atoms with van der Waals surface area (Å²) < 4.78 is 0. The van der Waals surface area contributed by atoms with Crippen molar-refractivity contribution in [2.24, 2.45) is 0 Å². The molecule has 0 amide bonds. The van der Waals surface area contributed by atoms with Crippen molar-refractivity contribution in [3.05, 3.63) is 0 Å². The third-order valence-electron chi connectivity index (χ3n) is 0.598. The molecule has 0 radical (unpaired) electrons. The van der Waals surface area contributed by atoms with Crippen LogP contribution in [0.15, 0.2) is 0 Å². The van der Waals surface area contributed by atoms with E-state index >= 15 is 0 Å². The van der Waals surface area contributed by atoms with Crippen molar-refractivity contribution < 1.29 is 0 Å². The number of hydrogen-bond donors (Lipinski definition) is 2. The lowest BCUT2D eigenvalue weighted by molar-refractivity contribution is 2.04. The zero-order valence-corrected chi connectivity index (χ0v) is 7.55. The van der Waals surface area contributed by atoms with Crippen LogP contribution >= 0.6 is 49.7 Å². The van der Waals surface area contributed by atoms with Gasteiger partial charge in [-0.15, -0.1) is 0 Å². The molecule has 0 saturated heterocycles. The van der Waals surface area contributed by atoms with E-state index in [1.165, 1.54) is 0 Å². The molecule has 0 bridgehead atoms. The van der Waals surface area contributed by atoms with Gasteiger partial charge in [0.2, 0.25) is 0 Å². The minimum Gasteiger partial charge on any atom is -0.174 e. The Morgan fingerprint density at radius 2 is 1.25 bits per heavy atom. The first kappa shape index (κ1) is 8.88. The van der Waals surface area contributed by atoms with Crippen LogP contribution in [0, 0.1) is 0 Å². The second-order valence-corrected chi connectivity index (χ2v) is 2.78. The first-order valence-electron chi connectivity index (χ1n) is 2.00. The lowest BCUT2D eigenvalue weighted by Gasteiger charge is -1.94. The van der Waals surface area contributed by atoms with Crippen LogP contribution in [-0.4, -0.2) is 21.2 Å². The van der Waals surface area contributed by atoms with Crippen LogP contribution < -0.4 is 0 Å². The van der Waals surface area contributed by atoms with Crippen molar-refractivity contribution >= 4 is 59.4 Å². The maximum absolute atomic E-state index is 4.81. The van der Waals surface area contributed by atoms with Gasteiger partial charge >= 0.3 is 0 Å². The number of hydrogen-bond acceptors (Lipinski definition) is 4. The smallest absolute Gasteiger partial charge is 0.0396 e. The fourth-order valence-electron chi connectivity index (χ4n) is 0.176.